The lowest BCUT2D eigenvalue weighted by Gasteiger charge is -2.55. The number of furan rings is 1. The quantitative estimate of drug-likeness (QED) is 0.537. The standard InChI is InChI=1S/C26H30N4O3/c1-32-21-13-6-3-10-18(21)23-27-25-29(24(31)22-14-9-17-33-22)20-12-5-4-11-19(20)26(30(25)28-23)15-7-2-8-16-26/h3,6,9-10,13-14,17,19-20H,2,4-5,7-8,11-12,15-16H2,1H3. The first-order valence-corrected chi connectivity index (χ1v) is 12.2. The van der Waals surface area contributed by atoms with Gasteiger partial charge in [-0.15, -0.1) is 5.10 Å². The van der Waals surface area contributed by atoms with E-state index in [1.54, 1.807) is 25.5 Å². The number of ether oxygens (including phenoxy) is 1. The van der Waals surface area contributed by atoms with Crippen LogP contribution in [0.1, 0.15) is 68.3 Å². The van der Waals surface area contributed by atoms with Crippen LogP contribution < -0.4 is 9.64 Å². The van der Waals surface area contributed by atoms with Crippen molar-refractivity contribution in [2.75, 3.05) is 12.0 Å². The van der Waals surface area contributed by atoms with E-state index >= 15 is 0 Å². The van der Waals surface area contributed by atoms with Crippen LogP contribution in [-0.4, -0.2) is 33.8 Å². The van der Waals surface area contributed by atoms with Crippen molar-refractivity contribution >= 4 is 11.9 Å². The van der Waals surface area contributed by atoms with Gasteiger partial charge in [0.1, 0.15) is 5.75 Å². The summed E-state index contributed by atoms with van der Waals surface area (Å²) in [4.78, 5) is 20.7. The van der Waals surface area contributed by atoms with Gasteiger partial charge in [0.25, 0.3) is 5.91 Å². The molecule has 1 amide bonds. The summed E-state index contributed by atoms with van der Waals surface area (Å²) in [5.41, 5.74) is 0.771. The van der Waals surface area contributed by atoms with Gasteiger partial charge in [0.15, 0.2) is 11.6 Å². The van der Waals surface area contributed by atoms with Crippen LogP contribution in [0.25, 0.3) is 11.4 Å². The Kier molecular flexibility index (Phi) is 5.00. The van der Waals surface area contributed by atoms with E-state index < -0.39 is 0 Å². The van der Waals surface area contributed by atoms with Gasteiger partial charge in [0, 0.05) is 12.0 Å². The first kappa shape index (κ1) is 20.5. The summed E-state index contributed by atoms with van der Waals surface area (Å²) in [6, 6.07) is 11.5. The zero-order valence-corrected chi connectivity index (χ0v) is 19.1. The highest BCUT2D eigenvalue weighted by Crippen LogP contribution is 2.53. The van der Waals surface area contributed by atoms with E-state index in [-0.39, 0.29) is 17.5 Å². The lowest BCUT2D eigenvalue weighted by Crippen LogP contribution is -2.61. The Bertz CT molecular complexity index is 1150. The fourth-order valence-corrected chi connectivity index (χ4v) is 6.56. The lowest BCUT2D eigenvalue weighted by molar-refractivity contribution is 0.0309. The van der Waals surface area contributed by atoms with Crippen molar-refractivity contribution in [3.8, 4) is 17.1 Å². The third-order valence-electron chi connectivity index (χ3n) is 8.00. The molecular weight excluding hydrogens is 416 g/mol. The van der Waals surface area contributed by atoms with E-state index in [1.807, 2.05) is 29.2 Å². The SMILES string of the molecule is COc1ccccc1-c1nc2n(n1)C1(CCCCC1)C1CCCCC1N2C(=O)c1ccco1. The summed E-state index contributed by atoms with van der Waals surface area (Å²) in [7, 11) is 1.67. The summed E-state index contributed by atoms with van der Waals surface area (Å²) in [6.07, 6.45) is 11.8. The number of carbonyl (C=O) groups is 1. The molecule has 2 saturated carbocycles. The largest absolute Gasteiger partial charge is 0.496 e. The Balaban J connectivity index is 1.56. The van der Waals surface area contributed by atoms with Crippen molar-refractivity contribution in [3.63, 3.8) is 0 Å². The second-order valence-electron chi connectivity index (χ2n) is 9.62. The molecule has 7 heteroatoms. The van der Waals surface area contributed by atoms with E-state index in [0.717, 1.165) is 43.4 Å². The van der Waals surface area contributed by atoms with E-state index in [2.05, 4.69) is 4.68 Å². The highest BCUT2D eigenvalue weighted by atomic mass is 16.5. The van der Waals surface area contributed by atoms with Gasteiger partial charge in [0.2, 0.25) is 5.95 Å². The molecule has 2 fully saturated rings. The molecule has 2 unspecified atom stereocenters. The predicted octanol–water partition coefficient (Wildman–Crippen LogP) is 5.43. The minimum atomic E-state index is -0.122. The van der Waals surface area contributed by atoms with Crippen molar-refractivity contribution in [2.45, 2.75) is 69.4 Å². The third-order valence-corrected chi connectivity index (χ3v) is 8.00. The molecule has 2 atom stereocenters. The normalized spacial score (nSPS) is 23.7. The molecule has 3 aromatic rings. The number of fused-ring (bicyclic) bond motifs is 4. The summed E-state index contributed by atoms with van der Waals surface area (Å²) in [5.74, 6) is 2.62. The van der Waals surface area contributed by atoms with Crippen LogP contribution in [0, 0.1) is 5.92 Å². The number of rotatable bonds is 3. The summed E-state index contributed by atoms with van der Waals surface area (Å²) >= 11 is 0. The zero-order valence-electron chi connectivity index (χ0n) is 19.1. The Hall–Kier alpha value is -3.09. The number of hydrogen-bond donors (Lipinski definition) is 0. The molecule has 0 saturated heterocycles. The second-order valence-corrected chi connectivity index (χ2v) is 9.62. The van der Waals surface area contributed by atoms with Crippen LogP contribution in [0.3, 0.4) is 0 Å². The fraction of sp³-hybridized carbons (Fsp3) is 0.500. The third kappa shape index (κ3) is 3.12. The maximum Gasteiger partial charge on any atom is 0.296 e. The second kappa shape index (κ2) is 8.04. The minimum Gasteiger partial charge on any atom is -0.496 e. The number of methoxy groups -OCH3 is 1. The average Bonchev–Trinajstić information content (AvgIpc) is 3.56. The van der Waals surface area contributed by atoms with Crippen LogP contribution in [0.15, 0.2) is 47.1 Å². The smallest absolute Gasteiger partial charge is 0.296 e. The maximum absolute atomic E-state index is 13.7. The van der Waals surface area contributed by atoms with Crippen molar-refractivity contribution < 1.29 is 13.9 Å². The van der Waals surface area contributed by atoms with E-state index in [9.17, 15) is 4.79 Å². The molecule has 1 spiro atoms. The van der Waals surface area contributed by atoms with Gasteiger partial charge in [-0.3, -0.25) is 9.69 Å². The average molecular weight is 447 g/mol. The van der Waals surface area contributed by atoms with E-state index in [4.69, 9.17) is 19.2 Å². The number of para-hydroxylation sites is 1. The van der Waals surface area contributed by atoms with Crippen LogP contribution in [0.4, 0.5) is 5.95 Å². The monoisotopic (exact) mass is 446 g/mol. The summed E-state index contributed by atoms with van der Waals surface area (Å²) in [6.45, 7) is 0. The molecule has 33 heavy (non-hydrogen) atoms. The molecule has 3 heterocycles. The van der Waals surface area contributed by atoms with Gasteiger partial charge in [-0.25, -0.2) is 4.68 Å². The van der Waals surface area contributed by atoms with Crippen molar-refractivity contribution in [2.24, 2.45) is 5.92 Å². The van der Waals surface area contributed by atoms with Crippen LogP contribution in [-0.2, 0) is 5.54 Å². The number of benzene rings is 1. The fourth-order valence-electron chi connectivity index (χ4n) is 6.56. The molecule has 1 aromatic carbocycles. The van der Waals surface area contributed by atoms with Gasteiger partial charge in [-0.1, -0.05) is 44.2 Å². The molecule has 2 aliphatic carbocycles. The lowest BCUT2D eigenvalue weighted by atomic mass is 9.64. The van der Waals surface area contributed by atoms with Crippen LogP contribution in [0.2, 0.25) is 0 Å². The number of nitrogens with zero attached hydrogens (tertiary/aromatic N) is 4. The Morgan fingerprint density at radius 2 is 1.88 bits per heavy atom. The maximum atomic E-state index is 13.7. The molecule has 1 aliphatic heterocycles. The number of aromatic nitrogens is 3. The Labute approximate surface area is 193 Å². The highest BCUT2D eigenvalue weighted by Gasteiger charge is 2.55. The van der Waals surface area contributed by atoms with Gasteiger partial charge < -0.3 is 9.15 Å². The molecule has 0 radical (unpaired) electrons. The molecule has 0 bridgehead atoms. The molecular formula is C26H30N4O3. The van der Waals surface area contributed by atoms with E-state index in [0.29, 0.717) is 23.5 Å². The first-order valence-electron chi connectivity index (χ1n) is 12.2. The number of carbonyl (C=O) groups excluding carboxylic acids is 1. The summed E-state index contributed by atoms with van der Waals surface area (Å²) in [5, 5.41) is 5.11. The van der Waals surface area contributed by atoms with Gasteiger partial charge >= 0.3 is 0 Å². The highest BCUT2D eigenvalue weighted by molar-refractivity contribution is 6.04. The molecule has 172 valence electrons. The number of hydrogen-bond acceptors (Lipinski definition) is 5. The zero-order chi connectivity index (χ0) is 22.4. The van der Waals surface area contributed by atoms with Crippen LogP contribution in [0.5, 0.6) is 5.75 Å². The number of anilines is 1. The topological polar surface area (TPSA) is 73.4 Å². The van der Waals surface area contributed by atoms with Crippen molar-refractivity contribution in [1.82, 2.24) is 14.8 Å². The molecule has 6 rings (SSSR count). The minimum absolute atomic E-state index is 0.0775. The van der Waals surface area contributed by atoms with Gasteiger partial charge in [-0.2, -0.15) is 4.98 Å². The van der Waals surface area contributed by atoms with Crippen LogP contribution >= 0.6 is 0 Å². The van der Waals surface area contributed by atoms with Crippen molar-refractivity contribution in [3.05, 3.63) is 48.4 Å². The Morgan fingerprint density at radius 1 is 1.06 bits per heavy atom. The molecule has 2 aromatic heterocycles. The first-order chi connectivity index (χ1) is 16.2. The van der Waals surface area contributed by atoms with E-state index in [1.165, 1.54) is 25.7 Å². The molecule has 3 aliphatic rings. The van der Waals surface area contributed by atoms with Crippen molar-refractivity contribution in [1.29, 1.82) is 0 Å². The van der Waals surface area contributed by atoms with Gasteiger partial charge in [0.05, 0.1) is 24.5 Å². The van der Waals surface area contributed by atoms with Gasteiger partial charge in [-0.05, 0) is 49.9 Å². The summed E-state index contributed by atoms with van der Waals surface area (Å²) < 4.78 is 13.3. The predicted molar refractivity (Wildman–Crippen MR) is 124 cm³/mol. The Morgan fingerprint density at radius 3 is 2.67 bits per heavy atom. The number of amides is 1. The molecule has 7 nitrogen and oxygen atoms in total. The molecule has 0 N–H and O–H groups in total.